The second-order valence-corrected chi connectivity index (χ2v) is 8.04. The Morgan fingerprint density at radius 3 is 1.53 bits per heavy atom. The van der Waals surface area contributed by atoms with E-state index in [1.165, 1.54) is 0 Å². The van der Waals surface area contributed by atoms with E-state index in [9.17, 15) is 0 Å². The Morgan fingerprint density at radius 1 is 0.765 bits per heavy atom. The third kappa shape index (κ3) is 12.2. The molecule has 0 aromatic heterocycles. The summed E-state index contributed by atoms with van der Waals surface area (Å²) in [6, 6.07) is 0. The third-order valence-corrected chi connectivity index (χ3v) is 2.06. The van der Waals surface area contributed by atoms with Crippen molar-refractivity contribution in [1.82, 2.24) is 0 Å². The average Bonchev–Trinajstić information content (AvgIpc) is 1.92. The molecule has 0 aliphatic carbocycles. The van der Waals surface area contributed by atoms with Crippen molar-refractivity contribution in [3.05, 3.63) is 0 Å². The van der Waals surface area contributed by atoms with Crippen LogP contribution in [0.5, 0.6) is 0 Å². The second kappa shape index (κ2) is 5.71. The Bertz CT molecular complexity index is 197. The van der Waals surface area contributed by atoms with Gasteiger partial charge in [0, 0.05) is 0 Å². The van der Waals surface area contributed by atoms with Crippen LogP contribution in [0.2, 0.25) is 0 Å². The summed E-state index contributed by atoms with van der Waals surface area (Å²) < 4.78 is 11.9. The Balaban J connectivity index is 4.42. The molecule has 2 heteroatoms. The predicted octanol–water partition coefficient (Wildman–Crippen LogP) is 4.42. The molecular weight excluding hydrogens is 212 g/mol. The summed E-state index contributed by atoms with van der Waals surface area (Å²) in [5.74, 6) is 0. The molecule has 2 nitrogen and oxygen atoms in total. The highest BCUT2D eigenvalue weighted by Gasteiger charge is 2.25. The van der Waals surface area contributed by atoms with Crippen molar-refractivity contribution in [2.75, 3.05) is 6.61 Å². The summed E-state index contributed by atoms with van der Waals surface area (Å²) in [5, 5.41) is 0. The molecule has 0 aromatic carbocycles. The van der Waals surface area contributed by atoms with Crippen molar-refractivity contribution in [3.8, 4) is 0 Å². The van der Waals surface area contributed by atoms with Gasteiger partial charge in [-0.15, -0.1) is 0 Å². The minimum absolute atomic E-state index is 0.0998. The SMILES string of the molecule is CC(C)(C)C[C@@H](COC(C)(C)C)OC(C)(C)C. The van der Waals surface area contributed by atoms with Gasteiger partial charge in [0.25, 0.3) is 0 Å². The fourth-order valence-corrected chi connectivity index (χ4v) is 1.66. The van der Waals surface area contributed by atoms with Crippen LogP contribution in [0.25, 0.3) is 0 Å². The zero-order valence-corrected chi connectivity index (χ0v) is 13.3. The maximum absolute atomic E-state index is 6.08. The first-order valence-corrected chi connectivity index (χ1v) is 6.60. The van der Waals surface area contributed by atoms with Crippen LogP contribution >= 0.6 is 0 Å². The van der Waals surface area contributed by atoms with Crippen LogP contribution < -0.4 is 0 Å². The number of hydrogen-bond donors (Lipinski definition) is 0. The van der Waals surface area contributed by atoms with Gasteiger partial charge in [-0.25, -0.2) is 0 Å². The molecule has 0 rings (SSSR count). The summed E-state index contributed by atoms with van der Waals surface area (Å²) in [4.78, 5) is 0. The lowest BCUT2D eigenvalue weighted by Crippen LogP contribution is -2.36. The maximum Gasteiger partial charge on any atom is 0.0820 e. The molecule has 0 saturated carbocycles. The fraction of sp³-hybridized carbons (Fsp3) is 1.00. The lowest BCUT2D eigenvalue weighted by molar-refractivity contribution is -0.129. The first-order chi connectivity index (χ1) is 7.29. The Hall–Kier alpha value is -0.0800. The molecule has 0 heterocycles. The van der Waals surface area contributed by atoms with Crippen molar-refractivity contribution in [3.63, 3.8) is 0 Å². The Kier molecular flexibility index (Phi) is 5.68. The molecule has 0 unspecified atom stereocenters. The molecule has 0 aliphatic heterocycles. The van der Waals surface area contributed by atoms with Crippen molar-refractivity contribution in [2.45, 2.75) is 86.0 Å². The summed E-state index contributed by atoms with van der Waals surface area (Å²) in [7, 11) is 0. The summed E-state index contributed by atoms with van der Waals surface area (Å²) in [6.45, 7) is 19.9. The van der Waals surface area contributed by atoms with E-state index in [1.54, 1.807) is 0 Å². The highest BCUT2D eigenvalue weighted by atomic mass is 16.6. The van der Waals surface area contributed by atoms with Gasteiger partial charge in [-0.05, 0) is 53.4 Å². The highest BCUT2D eigenvalue weighted by Crippen LogP contribution is 2.26. The first kappa shape index (κ1) is 16.9. The van der Waals surface area contributed by atoms with Gasteiger partial charge in [0.1, 0.15) is 0 Å². The van der Waals surface area contributed by atoms with Gasteiger partial charge in [0.2, 0.25) is 0 Å². The van der Waals surface area contributed by atoms with Gasteiger partial charge < -0.3 is 9.47 Å². The molecule has 17 heavy (non-hydrogen) atoms. The van der Waals surface area contributed by atoms with Crippen LogP contribution in [-0.2, 0) is 9.47 Å². The lowest BCUT2D eigenvalue weighted by atomic mass is 9.89. The normalized spacial score (nSPS) is 16.1. The van der Waals surface area contributed by atoms with E-state index in [1.807, 2.05) is 0 Å². The van der Waals surface area contributed by atoms with Crippen molar-refractivity contribution < 1.29 is 9.47 Å². The standard InChI is InChI=1S/C15H32O2/c1-13(2,3)10-12(17-15(7,8)9)11-16-14(4,5)6/h12H,10-11H2,1-9H3/t12-/m0/s1. The molecular formula is C15H32O2. The van der Waals surface area contributed by atoms with Gasteiger partial charge in [0.15, 0.2) is 0 Å². The summed E-state index contributed by atoms with van der Waals surface area (Å²) >= 11 is 0. The van der Waals surface area contributed by atoms with Crippen LogP contribution in [-0.4, -0.2) is 23.9 Å². The lowest BCUT2D eigenvalue weighted by Gasteiger charge is -2.33. The highest BCUT2D eigenvalue weighted by molar-refractivity contribution is 4.74. The molecule has 1 atom stereocenters. The minimum atomic E-state index is -0.114. The Labute approximate surface area is 108 Å². The Morgan fingerprint density at radius 2 is 1.24 bits per heavy atom. The monoisotopic (exact) mass is 244 g/mol. The fourth-order valence-electron chi connectivity index (χ4n) is 1.66. The number of rotatable bonds is 4. The van der Waals surface area contributed by atoms with Gasteiger partial charge in [-0.2, -0.15) is 0 Å². The molecule has 0 aliphatic rings. The van der Waals surface area contributed by atoms with Crippen LogP contribution in [0.4, 0.5) is 0 Å². The van der Waals surface area contributed by atoms with Crippen molar-refractivity contribution in [1.29, 1.82) is 0 Å². The van der Waals surface area contributed by atoms with Gasteiger partial charge in [-0.3, -0.25) is 0 Å². The van der Waals surface area contributed by atoms with E-state index < -0.39 is 0 Å². The molecule has 0 N–H and O–H groups in total. The summed E-state index contributed by atoms with van der Waals surface area (Å²) in [6.07, 6.45) is 1.18. The van der Waals surface area contributed by atoms with Gasteiger partial charge in [-0.1, -0.05) is 20.8 Å². The predicted molar refractivity (Wildman–Crippen MR) is 74.4 cm³/mol. The molecule has 0 radical (unpaired) electrons. The van der Waals surface area contributed by atoms with E-state index in [2.05, 4.69) is 62.3 Å². The van der Waals surface area contributed by atoms with Gasteiger partial charge in [0.05, 0.1) is 23.9 Å². The number of ether oxygens (including phenoxy) is 2. The van der Waals surface area contributed by atoms with Crippen LogP contribution in [0.15, 0.2) is 0 Å². The quantitative estimate of drug-likeness (QED) is 0.728. The maximum atomic E-state index is 6.08. The molecule has 104 valence electrons. The third-order valence-electron chi connectivity index (χ3n) is 2.06. The van der Waals surface area contributed by atoms with Crippen molar-refractivity contribution in [2.24, 2.45) is 5.41 Å². The first-order valence-electron chi connectivity index (χ1n) is 6.60. The van der Waals surface area contributed by atoms with E-state index in [-0.39, 0.29) is 22.7 Å². The molecule has 0 fully saturated rings. The molecule has 0 bridgehead atoms. The average molecular weight is 244 g/mol. The van der Waals surface area contributed by atoms with Crippen LogP contribution in [0.1, 0.15) is 68.7 Å². The van der Waals surface area contributed by atoms with E-state index in [4.69, 9.17) is 9.47 Å². The summed E-state index contributed by atoms with van der Waals surface area (Å²) in [5.41, 5.74) is 0.0473. The van der Waals surface area contributed by atoms with Crippen molar-refractivity contribution >= 4 is 0 Å². The largest absolute Gasteiger partial charge is 0.373 e. The topological polar surface area (TPSA) is 18.5 Å². The number of hydrogen-bond acceptors (Lipinski definition) is 2. The zero-order chi connectivity index (χ0) is 13.9. The van der Waals surface area contributed by atoms with E-state index in [0.29, 0.717) is 6.61 Å². The van der Waals surface area contributed by atoms with E-state index in [0.717, 1.165) is 6.42 Å². The molecule has 0 saturated heterocycles. The smallest absolute Gasteiger partial charge is 0.0820 e. The van der Waals surface area contributed by atoms with Crippen LogP contribution in [0, 0.1) is 5.41 Å². The molecule has 0 amide bonds. The van der Waals surface area contributed by atoms with E-state index >= 15 is 0 Å². The molecule has 0 aromatic rings. The molecule has 0 spiro atoms. The van der Waals surface area contributed by atoms with Crippen LogP contribution in [0.3, 0.4) is 0 Å². The minimum Gasteiger partial charge on any atom is -0.373 e. The van der Waals surface area contributed by atoms with Gasteiger partial charge >= 0.3 is 0 Å². The second-order valence-electron chi connectivity index (χ2n) is 8.04. The zero-order valence-electron chi connectivity index (χ0n) is 13.3.